The molecular weight excluding hydrogens is 710 g/mol. The first-order valence-electron chi connectivity index (χ1n) is 16.8. The molecule has 1 N–H and O–H groups in total. The van der Waals surface area contributed by atoms with Crippen molar-refractivity contribution >= 4 is 61.8 Å². The van der Waals surface area contributed by atoms with Gasteiger partial charge in [0.2, 0.25) is 11.8 Å². The lowest BCUT2D eigenvalue weighted by Crippen LogP contribution is -2.45. The predicted molar refractivity (Wildman–Crippen MR) is 187 cm³/mol. The fourth-order valence-corrected chi connectivity index (χ4v) is 8.11. The van der Waals surface area contributed by atoms with Gasteiger partial charge in [0.1, 0.15) is 22.7 Å². The minimum atomic E-state index is -0.708. The van der Waals surface area contributed by atoms with E-state index in [1.54, 1.807) is 34.1 Å². The van der Waals surface area contributed by atoms with Crippen LogP contribution in [0.15, 0.2) is 41.3 Å². The maximum absolute atomic E-state index is 14.4. The first-order valence-corrected chi connectivity index (χ1v) is 17.9. The quantitative estimate of drug-likeness (QED) is 0.206. The number of aryl methyl sites for hydroxylation is 2. The highest BCUT2D eigenvalue weighted by Gasteiger charge is 2.66. The summed E-state index contributed by atoms with van der Waals surface area (Å²) in [5.41, 5.74) is 3.75. The van der Waals surface area contributed by atoms with Crippen LogP contribution in [-0.4, -0.2) is 71.6 Å². The average molecular weight is 747 g/mol. The van der Waals surface area contributed by atoms with Crippen LogP contribution >= 0.6 is 27.5 Å². The zero-order chi connectivity index (χ0) is 34.4. The van der Waals surface area contributed by atoms with Crippen LogP contribution in [0.5, 0.6) is 0 Å². The number of hydrogen-bond acceptors (Lipinski definition) is 8. The molecule has 1 aromatic carbocycles. The number of Topliss-reactive ketones (excluding diaryl/α,β-unsaturated/α-hetero) is 2. The monoisotopic (exact) mass is 745 g/mol. The summed E-state index contributed by atoms with van der Waals surface area (Å²) in [6, 6.07) is 6.50. The largest absolute Gasteiger partial charge is 0.355 e. The van der Waals surface area contributed by atoms with Gasteiger partial charge in [0.25, 0.3) is 0 Å². The van der Waals surface area contributed by atoms with E-state index in [0.29, 0.717) is 64.5 Å². The van der Waals surface area contributed by atoms with E-state index in [2.05, 4.69) is 42.3 Å². The normalized spacial score (nSPS) is 22.8. The highest BCUT2D eigenvalue weighted by atomic mass is 79.9. The Bertz CT molecular complexity index is 2000. The number of hydrogen-bond donors (Lipinski definition) is 1. The molecule has 1 saturated carbocycles. The topological polar surface area (TPSA) is 140 Å². The lowest BCUT2D eigenvalue weighted by atomic mass is 9.95. The maximum Gasteiger partial charge on any atom is 0.245 e. The molecule has 3 atom stereocenters. The number of nitrogens with zero attached hydrogens (tertiary/aromatic N) is 6. The molecule has 7 rings (SSSR count). The van der Waals surface area contributed by atoms with Crippen LogP contribution in [0.25, 0.3) is 22.0 Å². The minimum absolute atomic E-state index is 0.00580. The second kappa shape index (κ2) is 13.4. The Morgan fingerprint density at radius 1 is 1.04 bits per heavy atom. The maximum atomic E-state index is 14.4. The van der Waals surface area contributed by atoms with Crippen molar-refractivity contribution in [2.24, 2.45) is 5.41 Å². The number of aromatic nitrogens is 5. The highest BCUT2D eigenvalue weighted by Crippen LogP contribution is 2.59. The van der Waals surface area contributed by atoms with Gasteiger partial charge >= 0.3 is 0 Å². The van der Waals surface area contributed by atoms with Gasteiger partial charge in [-0.2, -0.15) is 5.10 Å². The van der Waals surface area contributed by atoms with Gasteiger partial charge in [0, 0.05) is 54.7 Å². The molecule has 5 heterocycles. The van der Waals surface area contributed by atoms with E-state index < -0.39 is 6.04 Å². The Morgan fingerprint density at radius 3 is 2.55 bits per heavy atom. The Kier molecular flexibility index (Phi) is 9.12. The summed E-state index contributed by atoms with van der Waals surface area (Å²) in [6.45, 7) is 3.59. The number of benzene rings is 1. The molecule has 2 fully saturated rings. The molecule has 1 aliphatic carbocycles. The van der Waals surface area contributed by atoms with Gasteiger partial charge in [-0.25, -0.2) is 15.0 Å². The van der Waals surface area contributed by atoms with Crippen molar-refractivity contribution in [3.8, 4) is 11.1 Å². The summed E-state index contributed by atoms with van der Waals surface area (Å²) in [7, 11) is 0. The van der Waals surface area contributed by atoms with Crippen LogP contribution in [-0.2, 0) is 33.8 Å². The van der Waals surface area contributed by atoms with E-state index in [1.807, 2.05) is 13.0 Å². The number of rotatable bonds is 5. The Morgan fingerprint density at radius 2 is 1.80 bits per heavy atom. The van der Waals surface area contributed by atoms with Gasteiger partial charge in [-0.1, -0.05) is 24.4 Å². The third kappa shape index (κ3) is 6.64. The number of carbonyl (C=O) groups is 4. The van der Waals surface area contributed by atoms with Gasteiger partial charge in [-0.3, -0.25) is 23.9 Å². The van der Waals surface area contributed by atoms with Crippen molar-refractivity contribution in [1.29, 1.82) is 0 Å². The number of nitrogens with one attached hydrogen (secondary N) is 1. The van der Waals surface area contributed by atoms with E-state index in [4.69, 9.17) is 16.7 Å². The summed E-state index contributed by atoms with van der Waals surface area (Å²) >= 11 is 9.77. The fourth-order valence-electron chi connectivity index (χ4n) is 7.59. The van der Waals surface area contributed by atoms with Crippen LogP contribution in [0, 0.1) is 12.3 Å². The number of carbonyl (C=O) groups excluding carboxylic acids is 4. The first-order chi connectivity index (χ1) is 23.5. The van der Waals surface area contributed by atoms with Crippen molar-refractivity contribution in [2.45, 2.75) is 90.3 Å². The van der Waals surface area contributed by atoms with Crippen LogP contribution in [0.1, 0.15) is 79.4 Å². The average Bonchev–Trinajstić information content (AvgIpc) is 3.48. The molecule has 4 aromatic rings. The summed E-state index contributed by atoms with van der Waals surface area (Å²) in [4.78, 5) is 69.1. The summed E-state index contributed by atoms with van der Waals surface area (Å²) in [6.07, 6.45) is 9.24. The molecule has 3 aliphatic rings. The van der Waals surface area contributed by atoms with E-state index >= 15 is 0 Å². The second-order valence-corrected chi connectivity index (χ2v) is 14.8. The van der Waals surface area contributed by atoms with Crippen molar-refractivity contribution in [2.75, 3.05) is 6.54 Å². The molecule has 254 valence electrons. The third-order valence-electron chi connectivity index (χ3n) is 10.2. The Labute approximate surface area is 297 Å². The molecule has 2 amide bonds. The van der Waals surface area contributed by atoms with Gasteiger partial charge in [0.05, 0.1) is 28.7 Å². The molecule has 2 aliphatic heterocycles. The van der Waals surface area contributed by atoms with Crippen LogP contribution in [0.2, 0.25) is 5.02 Å². The van der Waals surface area contributed by atoms with Crippen LogP contribution in [0.3, 0.4) is 0 Å². The van der Waals surface area contributed by atoms with E-state index in [-0.39, 0.29) is 47.8 Å². The Balaban J connectivity index is 1.29. The lowest BCUT2D eigenvalue weighted by Gasteiger charge is -2.27. The zero-order valence-corrected chi connectivity index (χ0v) is 29.8. The van der Waals surface area contributed by atoms with Crippen molar-refractivity contribution in [3.63, 3.8) is 0 Å². The van der Waals surface area contributed by atoms with Crippen molar-refractivity contribution in [3.05, 3.63) is 69.1 Å². The van der Waals surface area contributed by atoms with Gasteiger partial charge in [-0.15, -0.1) is 0 Å². The van der Waals surface area contributed by atoms with E-state index in [1.165, 1.54) is 6.92 Å². The molecule has 0 radical (unpaired) electrons. The van der Waals surface area contributed by atoms with E-state index in [0.717, 1.165) is 47.9 Å². The molecular formula is C36H37BrClN7O4. The number of amides is 2. The van der Waals surface area contributed by atoms with Crippen LogP contribution in [0.4, 0.5) is 0 Å². The molecule has 3 aromatic heterocycles. The molecule has 11 nitrogen and oxygen atoms in total. The van der Waals surface area contributed by atoms with Gasteiger partial charge < -0.3 is 10.2 Å². The standard InChI is InChI=1S/C36H37BrClN7O4/c1-20(46)34-25-12-23(24-16-39-21(2)40-17-24)11-22-7-5-3-4-6-8-32(48)41-19-36-14-28(29(47)13-27-26(38)9-10-31(37)42-27)45(30(36)15-36)33(49)18-44(43-34)35(22)25/h9-12,16-17,28,30H,3-8,13-15,18-19H2,1-2H3,(H,41,48)/t28-,30+,36-/m0/s1. The number of ketones is 2. The molecule has 49 heavy (non-hydrogen) atoms. The number of halogens is 2. The predicted octanol–water partition coefficient (Wildman–Crippen LogP) is 5.61. The first kappa shape index (κ1) is 33.5. The minimum Gasteiger partial charge on any atom is -0.355 e. The second-order valence-electron chi connectivity index (χ2n) is 13.6. The number of pyridine rings is 1. The molecule has 2 bridgehead atoms. The van der Waals surface area contributed by atoms with Crippen molar-refractivity contribution < 1.29 is 19.2 Å². The SMILES string of the molecule is CC(=O)c1nn2c3c(cc(-c4cnc(C)nc4)cc13)CCCCCCC(=O)NC[C@@]13C[C@@H](C(=O)Cc4nc(Br)ccc4Cl)N(C(=O)C2)[C@@H]1C3. The summed E-state index contributed by atoms with van der Waals surface area (Å²) in [5.74, 6) is 0.0365. The van der Waals surface area contributed by atoms with Crippen molar-refractivity contribution in [1.82, 2.24) is 34.9 Å². The Hall–Kier alpha value is -4.03. The van der Waals surface area contributed by atoms with E-state index in [9.17, 15) is 19.2 Å². The summed E-state index contributed by atoms with van der Waals surface area (Å²) < 4.78 is 2.21. The molecule has 1 saturated heterocycles. The molecule has 13 heteroatoms. The smallest absolute Gasteiger partial charge is 0.245 e. The third-order valence-corrected chi connectivity index (χ3v) is 11.0. The van der Waals surface area contributed by atoms with Gasteiger partial charge in [-0.05, 0) is 90.4 Å². The number of piperidine rings is 1. The summed E-state index contributed by atoms with van der Waals surface area (Å²) in [5, 5.41) is 8.90. The van der Waals surface area contributed by atoms with Crippen LogP contribution < -0.4 is 5.32 Å². The molecule has 0 unspecified atom stereocenters. The highest BCUT2D eigenvalue weighted by molar-refractivity contribution is 9.10. The van der Waals surface area contributed by atoms with Gasteiger partial charge in [0.15, 0.2) is 11.6 Å². The zero-order valence-electron chi connectivity index (χ0n) is 27.5. The lowest BCUT2D eigenvalue weighted by molar-refractivity contribution is -0.139. The molecule has 0 spiro atoms. The fraction of sp³-hybridized carbons (Fsp3) is 0.444.